The van der Waals surface area contributed by atoms with Gasteiger partial charge in [0.2, 0.25) is 17.7 Å². The molecule has 3 rings (SSSR count). The Morgan fingerprint density at radius 3 is 2.24 bits per heavy atom. The summed E-state index contributed by atoms with van der Waals surface area (Å²) in [5, 5.41) is 19.0. The van der Waals surface area contributed by atoms with Crippen molar-refractivity contribution in [3.63, 3.8) is 0 Å². The van der Waals surface area contributed by atoms with Crippen LogP contribution in [0.5, 0.6) is 5.75 Å². The molecule has 10 nitrogen and oxygen atoms in total. The summed E-state index contributed by atoms with van der Waals surface area (Å²) in [7, 11) is 0. The van der Waals surface area contributed by atoms with Gasteiger partial charge in [-0.15, -0.1) is 0 Å². The van der Waals surface area contributed by atoms with Crippen LogP contribution in [0.15, 0.2) is 60.7 Å². The van der Waals surface area contributed by atoms with Gasteiger partial charge in [0.15, 0.2) is 0 Å². The van der Waals surface area contributed by atoms with E-state index in [4.69, 9.17) is 11.5 Å². The highest BCUT2D eigenvalue weighted by atomic mass is 16.3. The van der Waals surface area contributed by atoms with Gasteiger partial charge in [-0.3, -0.25) is 19.2 Å². The standard InChI is InChI=1S/C27H31N5O5/c28-22(13-17-8-10-20(33)11-9-17)27(37)30-12-4-3-7-25(35)32-23-15-19-6-2-1-5-18(19)14-21(23)26(36)31-16-24(29)34/h1-2,5-6,8-11,14-15,22,33H,3-4,7,12-13,16,28H2,(H2,29,34)(H,30,37)(H,31,36)(H,32,35). The van der Waals surface area contributed by atoms with Gasteiger partial charge in [0.05, 0.1) is 23.8 Å². The summed E-state index contributed by atoms with van der Waals surface area (Å²) < 4.78 is 0. The molecule has 10 heteroatoms. The van der Waals surface area contributed by atoms with Crippen molar-refractivity contribution in [3.8, 4) is 5.75 Å². The average molecular weight is 506 g/mol. The van der Waals surface area contributed by atoms with E-state index in [1.54, 1.807) is 36.4 Å². The molecule has 0 saturated heterocycles. The first kappa shape index (κ1) is 27.2. The number of hydrogen-bond donors (Lipinski definition) is 6. The number of phenolic OH excluding ortho intramolecular Hbond substituents is 1. The van der Waals surface area contributed by atoms with Crippen molar-refractivity contribution < 1.29 is 24.3 Å². The van der Waals surface area contributed by atoms with Crippen LogP contribution >= 0.6 is 0 Å². The van der Waals surface area contributed by atoms with E-state index in [0.717, 1.165) is 16.3 Å². The molecule has 0 fully saturated rings. The number of rotatable bonds is 12. The monoisotopic (exact) mass is 505 g/mol. The summed E-state index contributed by atoms with van der Waals surface area (Å²) in [5.41, 5.74) is 12.5. The Labute approximate surface area is 214 Å². The first-order valence-corrected chi connectivity index (χ1v) is 11.9. The highest BCUT2D eigenvalue weighted by Crippen LogP contribution is 2.24. The van der Waals surface area contributed by atoms with E-state index in [1.165, 1.54) is 0 Å². The molecule has 8 N–H and O–H groups in total. The van der Waals surface area contributed by atoms with Gasteiger partial charge < -0.3 is 32.5 Å². The van der Waals surface area contributed by atoms with Gasteiger partial charge in [-0.05, 0) is 59.9 Å². The summed E-state index contributed by atoms with van der Waals surface area (Å²) in [4.78, 5) is 48.5. The lowest BCUT2D eigenvalue weighted by molar-refractivity contribution is -0.122. The third-order valence-electron chi connectivity index (χ3n) is 5.69. The third kappa shape index (κ3) is 8.32. The smallest absolute Gasteiger partial charge is 0.253 e. The quantitative estimate of drug-likeness (QED) is 0.203. The number of carbonyl (C=O) groups is 4. The molecule has 194 valence electrons. The fraction of sp³-hybridized carbons (Fsp3) is 0.259. The van der Waals surface area contributed by atoms with Crippen molar-refractivity contribution in [3.05, 3.63) is 71.8 Å². The minimum absolute atomic E-state index is 0.147. The van der Waals surface area contributed by atoms with Gasteiger partial charge in [0.1, 0.15) is 5.75 Å². The van der Waals surface area contributed by atoms with Crippen LogP contribution in [-0.4, -0.2) is 47.9 Å². The van der Waals surface area contributed by atoms with Crippen LogP contribution in [-0.2, 0) is 20.8 Å². The molecule has 1 unspecified atom stereocenters. The number of nitrogens with one attached hydrogen (secondary N) is 3. The zero-order chi connectivity index (χ0) is 26.8. The molecule has 0 aliphatic carbocycles. The van der Waals surface area contributed by atoms with Crippen LogP contribution in [0.3, 0.4) is 0 Å². The molecule has 4 amide bonds. The fourth-order valence-electron chi connectivity index (χ4n) is 3.74. The first-order chi connectivity index (χ1) is 17.7. The number of primary amides is 1. The van der Waals surface area contributed by atoms with Crippen molar-refractivity contribution in [2.75, 3.05) is 18.4 Å². The normalized spacial score (nSPS) is 11.5. The van der Waals surface area contributed by atoms with Crippen LogP contribution < -0.4 is 27.4 Å². The summed E-state index contributed by atoms with van der Waals surface area (Å²) in [5.74, 6) is -1.62. The third-order valence-corrected chi connectivity index (χ3v) is 5.69. The SMILES string of the molecule is NC(=O)CNC(=O)c1cc2ccccc2cc1NC(=O)CCCCNC(=O)C(N)Cc1ccc(O)cc1. The highest BCUT2D eigenvalue weighted by molar-refractivity contribution is 6.08. The molecule has 37 heavy (non-hydrogen) atoms. The van der Waals surface area contributed by atoms with E-state index >= 15 is 0 Å². The summed E-state index contributed by atoms with van der Waals surface area (Å²) in [6.07, 6.45) is 1.60. The van der Waals surface area contributed by atoms with Crippen molar-refractivity contribution in [1.29, 1.82) is 0 Å². The minimum Gasteiger partial charge on any atom is -0.508 e. The molecule has 0 heterocycles. The van der Waals surface area contributed by atoms with Crippen molar-refractivity contribution >= 4 is 40.1 Å². The molecule has 0 aliphatic rings. The Kier molecular flexibility index (Phi) is 9.56. The zero-order valence-corrected chi connectivity index (χ0v) is 20.3. The summed E-state index contributed by atoms with van der Waals surface area (Å²) >= 11 is 0. The molecule has 0 radical (unpaired) electrons. The molecule has 0 aliphatic heterocycles. The second kappa shape index (κ2) is 13.0. The highest BCUT2D eigenvalue weighted by Gasteiger charge is 2.16. The Morgan fingerprint density at radius 1 is 0.892 bits per heavy atom. The number of phenols is 1. The Balaban J connectivity index is 1.48. The largest absolute Gasteiger partial charge is 0.508 e. The van der Waals surface area contributed by atoms with Crippen LogP contribution in [0.25, 0.3) is 10.8 Å². The predicted octanol–water partition coefficient (Wildman–Crippen LogP) is 1.56. The Bertz CT molecular complexity index is 1280. The van der Waals surface area contributed by atoms with Crippen molar-refractivity contribution in [2.45, 2.75) is 31.7 Å². The van der Waals surface area contributed by atoms with Gasteiger partial charge in [-0.2, -0.15) is 0 Å². The maximum atomic E-state index is 12.6. The molecule has 3 aromatic rings. The molecule has 0 aromatic heterocycles. The van der Waals surface area contributed by atoms with E-state index in [1.807, 2.05) is 24.3 Å². The fourth-order valence-corrected chi connectivity index (χ4v) is 3.74. The number of anilines is 1. The number of carbonyl (C=O) groups excluding carboxylic acids is 4. The molecule has 0 saturated carbocycles. The maximum Gasteiger partial charge on any atom is 0.253 e. The van der Waals surface area contributed by atoms with Crippen LogP contribution in [0, 0.1) is 0 Å². The second-order valence-corrected chi connectivity index (χ2v) is 8.67. The zero-order valence-electron chi connectivity index (χ0n) is 20.3. The van der Waals surface area contributed by atoms with Crippen LogP contribution in [0.2, 0.25) is 0 Å². The lowest BCUT2D eigenvalue weighted by Gasteiger charge is -2.14. The number of amides is 4. The van der Waals surface area contributed by atoms with Gasteiger partial charge in [0.25, 0.3) is 5.91 Å². The number of fused-ring (bicyclic) bond motifs is 1. The molecule has 3 aromatic carbocycles. The lowest BCUT2D eigenvalue weighted by atomic mass is 10.0. The molecular weight excluding hydrogens is 474 g/mol. The van der Waals surface area contributed by atoms with Gasteiger partial charge >= 0.3 is 0 Å². The Morgan fingerprint density at radius 2 is 1.57 bits per heavy atom. The van der Waals surface area contributed by atoms with Crippen molar-refractivity contribution in [1.82, 2.24) is 10.6 Å². The van der Waals surface area contributed by atoms with E-state index < -0.39 is 17.9 Å². The second-order valence-electron chi connectivity index (χ2n) is 8.67. The number of unbranched alkanes of at least 4 members (excludes halogenated alkanes) is 1. The Hall–Kier alpha value is -4.44. The minimum atomic E-state index is -0.722. The van der Waals surface area contributed by atoms with Crippen LogP contribution in [0.4, 0.5) is 5.69 Å². The molecule has 0 bridgehead atoms. The van der Waals surface area contributed by atoms with Crippen molar-refractivity contribution in [2.24, 2.45) is 11.5 Å². The first-order valence-electron chi connectivity index (χ1n) is 11.9. The van der Waals surface area contributed by atoms with E-state index in [2.05, 4.69) is 16.0 Å². The maximum absolute atomic E-state index is 12.6. The summed E-state index contributed by atoms with van der Waals surface area (Å²) in [6, 6.07) is 16.5. The van der Waals surface area contributed by atoms with E-state index in [0.29, 0.717) is 31.5 Å². The van der Waals surface area contributed by atoms with E-state index in [-0.39, 0.29) is 36.1 Å². The lowest BCUT2D eigenvalue weighted by Crippen LogP contribution is -2.42. The molecular formula is C27H31N5O5. The molecule has 0 spiro atoms. The number of hydrogen-bond acceptors (Lipinski definition) is 6. The number of benzene rings is 3. The van der Waals surface area contributed by atoms with Gasteiger partial charge in [-0.25, -0.2) is 0 Å². The van der Waals surface area contributed by atoms with Gasteiger partial charge in [-0.1, -0.05) is 36.4 Å². The average Bonchev–Trinajstić information content (AvgIpc) is 2.87. The summed E-state index contributed by atoms with van der Waals surface area (Å²) in [6.45, 7) is 0.0511. The van der Waals surface area contributed by atoms with E-state index in [9.17, 15) is 24.3 Å². The topological polar surface area (TPSA) is 177 Å². The van der Waals surface area contributed by atoms with Gasteiger partial charge in [0, 0.05) is 13.0 Å². The number of nitrogens with two attached hydrogens (primary N) is 2. The molecule has 1 atom stereocenters. The van der Waals surface area contributed by atoms with Crippen LogP contribution in [0.1, 0.15) is 35.2 Å². The predicted molar refractivity (Wildman–Crippen MR) is 141 cm³/mol. The number of aromatic hydroxyl groups is 1.